The maximum atomic E-state index is 7.26. The summed E-state index contributed by atoms with van der Waals surface area (Å²) < 4.78 is 27.0. The van der Waals surface area contributed by atoms with Crippen molar-refractivity contribution in [3.05, 3.63) is 84.9 Å². The number of para-hydroxylation sites is 3. The predicted molar refractivity (Wildman–Crippen MR) is 392 cm³/mol. The van der Waals surface area contributed by atoms with Crippen molar-refractivity contribution in [2.45, 2.75) is 367 Å². The third-order valence-electron chi connectivity index (χ3n) is 19.1. The molecule has 0 heterocycles. The molecule has 0 radical (unpaired) electrons. The van der Waals surface area contributed by atoms with Crippen LogP contribution in [0.15, 0.2) is 84.9 Å². The van der Waals surface area contributed by atoms with Crippen LogP contribution in [-0.4, -0.2) is 26.9 Å². The van der Waals surface area contributed by atoms with Crippen LogP contribution >= 0.6 is 0 Å². The Kier molecular flexibility index (Phi) is 49.5. The molecule has 0 aliphatic carbocycles. The fourth-order valence-corrected chi connectivity index (χ4v) is 13.5. The third-order valence-corrected chi connectivity index (χ3v) is 19.1. The van der Waals surface area contributed by atoms with E-state index < -0.39 is 0 Å². The van der Waals surface area contributed by atoms with Gasteiger partial charge in [0.25, 0.3) is 0 Å². The average molecular weight is 1230 g/mol. The number of methoxy groups -OCH3 is 1. The molecule has 4 aromatic rings. The maximum Gasteiger partial charge on any atom is 0.135 e. The van der Waals surface area contributed by atoms with E-state index in [1.54, 1.807) is 7.11 Å². The SMILES string of the molecule is CCCCCCCCCCCCCCCCCCCCOc1ccccc1-c1ccc(-c2ccccc2OC)c(OCCCCCCCCCCCCCCCCCCCC)c1-c1ccccc1OCCCCCCCCCCCCCCCCCCCC. The van der Waals surface area contributed by atoms with Crippen LogP contribution in [0.3, 0.4) is 0 Å². The van der Waals surface area contributed by atoms with Gasteiger partial charge in [-0.3, -0.25) is 0 Å². The van der Waals surface area contributed by atoms with E-state index in [0.29, 0.717) is 19.8 Å². The molecule has 89 heavy (non-hydrogen) atoms. The van der Waals surface area contributed by atoms with Crippen molar-refractivity contribution in [3.8, 4) is 56.4 Å². The maximum absolute atomic E-state index is 7.26. The highest BCUT2D eigenvalue weighted by Gasteiger charge is 2.25. The molecule has 0 spiro atoms. The summed E-state index contributed by atoms with van der Waals surface area (Å²) in [6.07, 6.45) is 74.0. The molecule has 0 saturated carbocycles. The Hall–Kier alpha value is -3.92. The van der Waals surface area contributed by atoms with E-state index in [4.69, 9.17) is 18.9 Å². The second kappa shape index (κ2) is 56.8. The lowest BCUT2D eigenvalue weighted by Crippen LogP contribution is -2.05. The summed E-state index contributed by atoms with van der Waals surface area (Å²) in [6, 6.07) is 30.4. The lowest BCUT2D eigenvalue weighted by Gasteiger charge is -2.23. The summed E-state index contributed by atoms with van der Waals surface area (Å²) in [6.45, 7) is 8.99. The number of ether oxygens (including phenoxy) is 4. The van der Waals surface area contributed by atoms with Crippen molar-refractivity contribution in [2.24, 2.45) is 0 Å². The zero-order valence-corrected chi connectivity index (χ0v) is 59.0. The molecule has 0 aromatic heterocycles. The van der Waals surface area contributed by atoms with Gasteiger partial charge in [-0.05, 0) is 49.1 Å². The third kappa shape index (κ3) is 37.4. The van der Waals surface area contributed by atoms with Crippen molar-refractivity contribution in [3.63, 3.8) is 0 Å². The van der Waals surface area contributed by atoms with Gasteiger partial charge in [0.05, 0.1) is 26.9 Å². The largest absolute Gasteiger partial charge is 0.496 e. The Morgan fingerprint density at radius 3 is 0.730 bits per heavy atom. The van der Waals surface area contributed by atoms with Crippen molar-refractivity contribution >= 4 is 0 Å². The highest BCUT2D eigenvalue weighted by Crippen LogP contribution is 2.51. The van der Waals surface area contributed by atoms with Crippen molar-refractivity contribution < 1.29 is 18.9 Å². The predicted octanol–water partition coefficient (Wildman–Crippen LogP) is 29.0. The summed E-state index contributed by atoms with van der Waals surface area (Å²) in [5, 5.41) is 0. The van der Waals surface area contributed by atoms with Gasteiger partial charge in [0.1, 0.15) is 23.0 Å². The molecule has 0 N–H and O–H groups in total. The minimum atomic E-state index is 0.650. The van der Waals surface area contributed by atoms with E-state index in [2.05, 4.69) is 106 Å². The molecule has 0 amide bonds. The van der Waals surface area contributed by atoms with Crippen molar-refractivity contribution in [1.29, 1.82) is 0 Å². The Labute approximate surface area is 551 Å². The fraction of sp³-hybridized carbons (Fsp3) is 0.718. The molecule has 4 heteroatoms. The van der Waals surface area contributed by atoms with E-state index in [9.17, 15) is 0 Å². The number of unbranched alkanes of at least 4 members (excludes halogenated alkanes) is 51. The minimum absolute atomic E-state index is 0.650. The van der Waals surface area contributed by atoms with Gasteiger partial charge in [-0.1, -0.05) is 409 Å². The molecule has 504 valence electrons. The molecule has 4 rings (SSSR count). The molecular weight excluding hydrogens is 1080 g/mol. The summed E-state index contributed by atoms with van der Waals surface area (Å²) in [5.41, 5.74) is 6.40. The van der Waals surface area contributed by atoms with Crippen LogP contribution in [0.25, 0.3) is 33.4 Å². The van der Waals surface area contributed by atoms with Gasteiger partial charge in [-0.2, -0.15) is 0 Å². The highest BCUT2D eigenvalue weighted by molar-refractivity contribution is 5.97. The van der Waals surface area contributed by atoms with E-state index in [0.717, 1.165) is 75.6 Å². The molecule has 4 nitrogen and oxygen atoms in total. The van der Waals surface area contributed by atoms with Crippen LogP contribution < -0.4 is 18.9 Å². The quantitative estimate of drug-likeness (QED) is 0.0413. The van der Waals surface area contributed by atoms with Crippen LogP contribution in [-0.2, 0) is 0 Å². The second-order valence-electron chi connectivity index (χ2n) is 27.1. The molecule has 0 atom stereocenters. The Balaban J connectivity index is 1.36. The summed E-state index contributed by atoms with van der Waals surface area (Å²) in [4.78, 5) is 0. The van der Waals surface area contributed by atoms with Gasteiger partial charge < -0.3 is 18.9 Å². The van der Waals surface area contributed by atoms with Gasteiger partial charge in [-0.15, -0.1) is 0 Å². The zero-order valence-electron chi connectivity index (χ0n) is 59.0. The zero-order chi connectivity index (χ0) is 62.8. The first kappa shape index (κ1) is 77.5. The van der Waals surface area contributed by atoms with Crippen molar-refractivity contribution in [2.75, 3.05) is 26.9 Å². The van der Waals surface area contributed by atoms with Gasteiger partial charge in [0.2, 0.25) is 0 Å². The van der Waals surface area contributed by atoms with Crippen LogP contribution in [0.1, 0.15) is 367 Å². The van der Waals surface area contributed by atoms with Crippen molar-refractivity contribution in [1.82, 2.24) is 0 Å². The minimum Gasteiger partial charge on any atom is -0.496 e. The van der Waals surface area contributed by atoms with Gasteiger partial charge >= 0.3 is 0 Å². The second-order valence-corrected chi connectivity index (χ2v) is 27.1. The summed E-state index contributed by atoms with van der Waals surface area (Å²) in [7, 11) is 1.78. The Bertz CT molecular complexity index is 2190. The average Bonchev–Trinajstić information content (AvgIpc) is 0.821. The number of hydrogen-bond donors (Lipinski definition) is 0. The number of hydrogen-bond acceptors (Lipinski definition) is 4. The summed E-state index contributed by atoms with van der Waals surface area (Å²) >= 11 is 0. The smallest absolute Gasteiger partial charge is 0.135 e. The first-order valence-electron chi connectivity index (χ1n) is 39.1. The van der Waals surface area contributed by atoms with Crippen LogP contribution in [0.5, 0.6) is 23.0 Å². The molecule has 0 aliphatic rings. The van der Waals surface area contributed by atoms with E-state index in [-0.39, 0.29) is 0 Å². The molecule has 0 bridgehead atoms. The Morgan fingerprint density at radius 2 is 0.427 bits per heavy atom. The molecule has 4 aromatic carbocycles. The van der Waals surface area contributed by atoms with E-state index in [1.165, 1.54) is 327 Å². The Morgan fingerprint density at radius 1 is 0.202 bits per heavy atom. The van der Waals surface area contributed by atoms with Gasteiger partial charge in [0, 0.05) is 27.8 Å². The van der Waals surface area contributed by atoms with Crippen LogP contribution in [0.2, 0.25) is 0 Å². The molecule has 0 fully saturated rings. The first-order chi connectivity index (χ1) is 44.2. The van der Waals surface area contributed by atoms with E-state index >= 15 is 0 Å². The topological polar surface area (TPSA) is 36.9 Å². The van der Waals surface area contributed by atoms with Gasteiger partial charge in [0.15, 0.2) is 0 Å². The van der Waals surface area contributed by atoms with E-state index in [1.807, 2.05) is 0 Å². The monoisotopic (exact) mass is 1230 g/mol. The first-order valence-corrected chi connectivity index (χ1v) is 39.1. The number of benzene rings is 4. The summed E-state index contributed by atoms with van der Waals surface area (Å²) in [5.74, 6) is 3.57. The lowest BCUT2D eigenvalue weighted by molar-refractivity contribution is 0.301. The molecule has 0 saturated heterocycles. The molecule has 0 unspecified atom stereocenters. The van der Waals surface area contributed by atoms with Crippen LogP contribution in [0.4, 0.5) is 0 Å². The molecular formula is C85H140O4. The van der Waals surface area contributed by atoms with Gasteiger partial charge in [-0.25, -0.2) is 0 Å². The number of rotatable bonds is 64. The normalized spacial score (nSPS) is 11.5. The highest BCUT2D eigenvalue weighted by atomic mass is 16.5. The molecule has 0 aliphatic heterocycles. The van der Waals surface area contributed by atoms with Crippen LogP contribution in [0, 0.1) is 0 Å². The standard InChI is InChI=1S/C85H140O4/c1-5-8-11-14-17-20-23-26-29-32-35-38-41-44-47-50-53-62-73-87-82-69-60-57-65-76(82)78-71-72-79(77-66-56-59-68-81(77)86-4)85(89-75-64-55-52-49-46-43-40-37-34-31-28-25-22-19-16-13-10-7-3)84(78)80-67-58-61-70-83(80)88-74-63-54-51-48-45-42-39-36-33-30-27-24-21-18-15-12-9-6-2/h56-61,65-72H,5-55,62-64,73-75H2,1-4H3. The lowest BCUT2D eigenvalue weighted by atomic mass is 9.88. The fourth-order valence-electron chi connectivity index (χ4n) is 13.5.